The van der Waals surface area contributed by atoms with E-state index >= 15 is 0 Å². The second-order valence-electron chi connectivity index (χ2n) is 19.1. The van der Waals surface area contributed by atoms with E-state index in [9.17, 15) is 0 Å². The van der Waals surface area contributed by atoms with Crippen molar-refractivity contribution in [2.24, 2.45) is 17.8 Å². The van der Waals surface area contributed by atoms with Crippen molar-refractivity contribution in [3.8, 4) is 22.3 Å². The topological polar surface area (TPSA) is 0 Å². The van der Waals surface area contributed by atoms with Crippen LogP contribution in [0, 0.1) is 17.8 Å². The number of benzene rings is 4. The summed E-state index contributed by atoms with van der Waals surface area (Å²) in [5, 5.41) is 5.62. The minimum atomic E-state index is -0.826. The first-order valence-electron chi connectivity index (χ1n) is 22.2. The van der Waals surface area contributed by atoms with E-state index in [1.54, 1.807) is 11.1 Å². The van der Waals surface area contributed by atoms with Gasteiger partial charge in [-0.25, -0.2) is 0 Å². The van der Waals surface area contributed by atoms with Crippen LogP contribution in [0.3, 0.4) is 0 Å². The molecule has 0 aromatic heterocycles. The third-order valence-corrected chi connectivity index (χ3v) is 14.0. The zero-order valence-electron chi connectivity index (χ0n) is 35.9. The molecule has 0 heterocycles. The zero-order valence-corrected chi connectivity index (χ0v) is 40.9. The Morgan fingerprint density at radius 1 is 0.672 bits per heavy atom. The summed E-state index contributed by atoms with van der Waals surface area (Å²) in [5.41, 5.74) is 12.2. The molecule has 0 N–H and O–H groups in total. The van der Waals surface area contributed by atoms with Gasteiger partial charge in [0.2, 0.25) is 0 Å². The first-order valence-corrected chi connectivity index (χ1v) is 30.5. The number of fused-ring (bicyclic) bond motifs is 2. The van der Waals surface area contributed by atoms with Gasteiger partial charge >= 0.3 is 37.9 Å². The second-order valence-corrected chi connectivity index (χ2v) is 23.9. The molecule has 4 bridgehead atoms. The number of hydrogen-bond acceptors (Lipinski definition) is 0. The van der Waals surface area contributed by atoms with Crippen LogP contribution in [0.1, 0.15) is 126 Å². The molecule has 5 saturated carbocycles. The van der Waals surface area contributed by atoms with Crippen LogP contribution in [0.15, 0.2) is 109 Å². The molecule has 302 valence electrons. The van der Waals surface area contributed by atoms with Gasteiger partial charge in [0.25, 0.3) is 0 Å². The van der Waals surface area contributed by atoms with Crippen LogP contribution in [0.5, 0.6) is 0 Å². The molecule has 0 nitrogen and oxygen atoms in total. The first-order chi connectivity index (χ1) is 28.1. The first kappa shape index (κ1) is 43.9. The van der Waals surface area contributed by atoms with E-state index in [2.05, 4.69) is 150 Å². The molecule has 11 rings (SSSR count). The predicted octanol–water partition coefficient (Wildman–Crippen LogP) is 17.0. The van der Waals surface area contributed by atoms with Gasteiger partial charge in [0.1, 0.15) is 0 Å². The number of aryl methyl sites for hydroxylation is 1. The van der Waals surface area contributed by atoms with Gasteiger partial charge in [-0.1, -0.05) is 132 Å². The maximum absolute atomic E-state index is 4.93. The van der Waals surface area contributed by atoms with Crippen LogP contribution in [0.25, 0.3) is 43.8 Å². The fourth-order valence-electron chi connectivity index (χ4n) is 11.6. The van der Waals surface area contributed by atoms with Gasteiger partial charge in [-0.3, -0.25) is 0 Å². The molecule has 0 saturated heterocycles. The molecule has 0 spiro atoms. The van der Waals surface area contributed by atoms with Gasteiger partial charge in [0, 0.05) is 9.52 Å². The Kier molecular flexibility index (Phi) is 14.9. The summed E-state index contributed by atoms with van der Waals surface area (Å²) < 4.78 is 0. The Bertz CT molecular complexity index is 2170. The standard InChI is InChI=1S/C27H29.C25H29.C2H6Si.2ClH.Zr/c1-2-18-13-23-4-3-5-25(26(23)14-18)22-6-8-24(9-7-22)27-15-19-10-20(16-27)12-21(11-19)17-27;1-25(2,3)22-14-12-19(13-15-22)23-11-7-10-20-16-21(17-24(20)23)18-8-5-4-6-9-18;1-3-2;;;/h3-9,13-14,19-21H,2,10-12,15-17H2,1H3;7,10-18H,4-6,8-9H2,1-3H3;1-2H3;2*1H;/q2*-1;;;;+4/p-2. The van der Waals surface area contributed by atoms with E-state index in [1.165, 1.54) is 126 Å². The molecule has 58 heavy (non-hydrogen) atoms. The molecule has 5 fully saturated rings. The molecular formula is C54H64Cl2SiZr. The van der Waals surface area contributed by atoms with E-state index in [-0.39, 0.29) is 5.41 Å². The fraction of sp³-hybridized carbons (Fsp3) is 0.444. The van der Waals surface area contributed by atoms with Crippen molar-refractivity contribution >= 4 is 48.1 Å². The molecule has 0 aliphatic heterocycles. The number of hydrogen-bond donors (Lipinski definition) is 0. The van der Waals surface area contributed by atoms with Crippen LogP contribution < -0.4 is 0 Å². The minimum absolute atomic E-state index is 0.207. The van der Waals surface area contributed by atoms with Gasteiger partial charge in [0.15, 0.2) is 0 Å². The van der Waals surface area contributed by atoms with E-state index < -0.39 is 20.8 Å². The molecular weight excluding hydrogens is 839 g/mol. The Morgan fingerprint density at radius 3 is 1.66 bits per heavy atom. The molecule has 0 atom stereocenters. The average Bonchev–Trinajstić information content (AvgIpc) is 3.87. The Hall–Kier alpha value is -2.22. The SMILES string of the molecule is CC(C)(C)c1ccc(-c2cccc3[cH-]c(C4CCCCC4)cc23)cc1.CCc1cc2c(-c3ccc(C45CC6CC(CC(C6)C4)C5)cc3)cccc2[cH-]1.C[Si]C.[Cl][Zr+2][Cl]. The van der Waals surface area contributed by atoms with Crippen LogP contribution in [-0.2, 0) is 38.1 Å². The molecule has 5 aliphatic rings. The second kappa shape index (κ2) is 19.7. The Labute approximate surface area is 372 Å². The third kappa shape index (κ3) is 9.94. The van der Waals surface area contributed by atoms with Crippen molar-refractivity contribution in [1.82, 2.24) is 0 Å². The predicted molar refractivity (Wildman–Crippen MR) is 253 cm³/mol. The maximum atomic E-state index is 4.93. The number of rotatable bonds is 5. The molecule has 6 aromatic carbocycles. The van der Waals surface area contributed by atoms with Crippen molar-refractivity contribution in [2.75, 3.05) is 0 Å². The van der Waals surface area contributed by atoms with Crippen molar-refractivity contribution < 1.29 is 20.8 Å². The molecule has 6 aromatic rings. The summed E-state index contributed by atoms with van der Waals surface area (Å²) in [6, 6.07) is 42.1. The summed E-state index contributed by atoms with van der Waals surface area (Å²) in [5.74, 6) is 3.82. The monoisotopic (exact) mass is 900 g/mol. The van der Waals surface area contributed by atoms with Gasteiger partial charge < -0.3 is 0 Å². The van der Waals surface area contributed by atoms with Gasteiger partial charge in [-0.2, -0.15) is 12.1 Å². The van der Waals surface area contributed by atoms with Crippen molar-refractivity contribution in [1.29, 1.82) is 0 Å². The van der Waals surface area contributed by atoms with Gasteiger partial charge in [-0.15, -0.1) is 69.1 Å². The summed E-state index contributed by atoms with van der Waals surface area (Å²) >= 11 is -0.826. The van der Waals surface area contributed by atoms with Crippen LogP contribution in [0.4, 0.5) is 0 Å². The quantitative estimate of drug-likeness (QED) is 0.119. The van der Waals surface area contributed by atoms with Crippen molar-refractivity contribution in [3.63, 3.8) is 0 Å². The summed E-state index contributed by atoms with van der Waals surface area (Å²) in [6.45, 7) is 13.4. The van der Waals surface area contributed by atoms with Crippen LogP contribution in [-0.4, -0.2) is 9.52 Å². The summed E-state index contributed by atoms with van der Waals surface area (Å²) in [6.07, 6.45) is 17.0. The van der Waals surface area contributed by atoms with Gasteiger partial charge in [0.05, 0.1) is 0 Å². The zero-order chi connectivity index (χ0) is 40.9. The molecule has 0 amide bonds. The van der Waals surface area contributed by atoms with Crippen molar-refractivity contribution in [3.05, 3.63) is 131 Å². The van der Waals surface area contributed by atoms with Crippen LogP contribution >= 0.6 is 17.0 Å². The van der Waals surface area contributed by atoms with Crippen LogP contribution in [0.2, 0.25) is 13.1 Å². The van der Waals surface area contributed by atoms with E-state index in [0.29, 0.717) is 5.41 Å². The van der Waals surface area contributed by atoms with Gasteiger partial charge in [-0.05, 0) is 115 Å². The van der Waals surface area contributed by atoms with E-state index in [0.717, 1.165) is 39.6 Å². The number of halogens is 2. The Morgan fingerprint density at radius 2 is 1.16 bits per heavy atom. The summed E-state index contributed by atoms with van der Waals surface area (Å²) in [7, 11) is 11.0. The van der Waals surface area contributed by atoms with E-state index in [1.807, 2.05) is 0 Å². The normalized spacial score (nSPS) is 22.3. The molecule has 2 radical (unpaired) electrons. The molecule has 5 aliphatic carbocycles. The fourth-order valence-corrected chi connectivity index (χ4v) is 11.6. The molecule has 4 heteroatoms. The van der Waals surface area contributed by atoms with E-state index in [4.69, 9.17) is 17.0 Å². The van der Waals surface area contributed by atoms with Crippen molar-refractivity contribution in [2.45, 2.75) is 135 Å². The molecule has 0 unspecified atom stereocenters. The third-order valence-electron chi connectivity index (χ3n) is 14.0. The average molecular weight is 903 g/mol. The Balaban J connectivity index is 0.000000156. The summed E-state index contributed by atoms with van der Waals surface area (Å²) in [4.78, 5) is 0.